The quantitative estimate of drug-likeness (QED) is 0.359. The lowest BCUT2D eigenvalue weighted by Crippen LogP contribution is -2.31. The van der Waals surface area contributed by atoms with Crippen molar-refractivity contribution in [2.75, 3.05) is 6.54 Å². The van der Waals surface area contributed by atoms with Crippen LogP contribution in [0.2, 0.25) is 8.67 Å². The highest BCUT2D eigenvalue weighted by atomic mass is 35.5. The summed E-state index contributed by atoms with van der Waals surface area (Å²) in [4.78, 5) is 4.13. The number of nitrogens with one attached hydrogen (secondary N) is 1. The van der Waals surface area contributed by atoms with Crippen LogP contribution in [0.4, 0.5) is 0 Å². The van der Waals surface area contributed by atoms with Gasteiger partial charge in [-0.25, -0.2) is 5.84 Å². The molecule has 72 valence electrons. The van der Waals surface area contributed by atoms with Gasteiger partial charge in [0.25, 0.3) is 0 Å². The first kappa shape index (κ1) is 10.8. The van der Waals surface area contributed by atoms with Crippen molar-refractivity contribution in [3.8, 4) is 0 Å². The van der Waals surface area contributed by atoms with E-state index in [1.165, 1.54) is 11.3 Å². The number of nitrogens with two attached hydrogens (primary N) is 1. The van der Waals surface area contributed by atoms with Crippen LogP contribution in [-0.4, -0.2) is 12.4 Å². The molecular formula is C7H9Cl2N3S. The fourth-order valence-electron chi connectivity index (χ4n) is 0.868. The Morgan fingerprint density at radius 1 is 1.69 bits per heavy atom. The Morgan fingerprint density at radius 3 is 2.77 bits per heavy atom. The highest BCUT2D eigenvalue weighted by molar-refractivity contribution is 7.20. The fourth-order valence-corrected chi connectivity index (χ4v) is 2.33. The highest BCUT2D eigenvalue weighted by Gasteiger charge is 2.10. The van der Waals surface area contributed by atoms with Gasteiger partial charge in [0, 0.05) is 12.1 Å². The average Bonchev–Trinajstić information content (AvgIpc) is 2.41. The SMILES string of the molecule is CCN=C(NN)c1cc(Cl)sc1Cl. The molecular weight excluding hydrogens is 229 g/mol. The predicted molar refractivity (Wildman–Crippen MR) is 58.7 cm³/mol. The number of thiophene rings is 1. The molecule has 1 aromatic rings. The Hall–Kier alpha value is -0.290. The maximum atomic E-state index is 5.91. The molecule has 0 atom stereocenters. The fraction of sp³-hybridized carbons (Fsp3) is 0.286. The van der Waals surface area contributed by atoms with Gasteiger partial charge in [-0.2, -0.15) is 0 Å². The van der Waals surface area contributed by atoms with E-state index in [-0.39, 0.29) is 0 Å². The number of hydrogen-bond acceptors (Lipinski definition) is 3. The van der Waals surface area contributed by atoms with E-state index in [1.807, 2.05) is 6.92 Å². The van der Waals surface area contributed by atoms with Crippen LogP contribution < -0.4 is 11.3 Å². The first-order valence-corrected chi connectivity index (χ1v) is 5.22. The highest BCUT2D eigenvalue weighted by Crippen LogP contribution is 2.31. The second-order valence-electron chi connectivity index (χ2n) is 2.21. The number of nitrogens with zero attached hydrogens (tertiary/aromatic N) is 1. The van der Waals surface area contributed by atoms with Crippen molar-refractivity contribution in [1.29, 1.82) is 0 Å². The van der Waals surface area contributed by atoms with Gasteiger partial charge in [-0.3, -0.25) is 4.99 Å². The molecule has 0 aliphatic rings. The smallest absolute Gasteiger partial charge is 0.144 e. The monoisotopic (exact) mass is 237 g/mol. The van der Waals surface area contributed by atoms with Gasteiger partial charge in [-0.1, -0.05) is 23.2 Å². The van der Waals surface area contributed by atoms with Gasteiger partial charge in [0.15, 0.2) is 0 Å². The van der Waals surface area contributed by atoms with E-state index in [4.69, 9.17) is 29.0 Å². The largest absolute Gasteiger partial charge is 0.308 e. The lowest BCUT2D eigenvalue weighted by atomic mass is 10.3. The molecule has 13 heavy (non-hydrogen) atoms. The van der Waals surface area contributed by atoms with E-state index in [0.717, 1.165) is 5.56 Å². The lowest BCUT2D eigenvalue weighted by Gasteiger charge is -2.02. The summed E-state index contributed by atoms with van der Waals surface area (Å²) in [6, 6.07) is 1.74. The molecule has 3 nitrogen and oxygen atoms in total. The van der Waals surface area contributed by atoms with Gasteiger partial charge >= 0.3 is 0 Å². The van der Waals surface area contributed by atoms with Crippen LogP contribution in [0, 0.1) is 0 Å². The third-order valence-corrected chi connectivity index (χ3v) is 2.85. The summed E-state index contributed by atoms with van der Waals surface area (Å²) >= 11 is 13.0. The summed E-state index contributed by atoms with van der Waals surface area (Å²) in [7, 11) is 0. The number of halogens is 2. The minimum absolute atomic E-state index is 0.565. The first-order chi connectivity index (χ1) is 6.19. The minimum Gasteiger partial charge on any atom is -0.308 e. The molecule has 0 saturated heterocycles. The molecule has 0 aromatic carbocycles. The van der Waals surface area contributed by atoms with Gasteiger partial charge in [-0.05, 0) is 13.0 Å². The van der Waals surface area contributed by atoms with Crippen molar-refractivity contribution in [3.05, 3.63) is 20.3 Å². The van der Waals surface area contributed by atoms with E-state index < -0.39 is 0 Å². The molecule has 0 unspecified atom stereocenters. The molecule has 0 saturated carbocycles. The maximum Gasteiger partial charge on any atom is 0.144 e. The molecule has 0 aliphatic carbocycles. The number of hydrogen-bond donors (Lipinski definition) is 2. The Balaban J connectivity index is 3.04. The van der Waals surface area contributed by atoms with Crippen LogP contribution in [0.5, 0.6) is 0 Å². The molecule has 1 rings (SSSR count). The zero-order valence-corrected chi connectivity index (χ0v) is 9.30. The number of aliphatic imine (C=N–C) groups is 1. The molecule has 0 spiro atoms. The zero-order chi connectivity index (χ0) is 9.84. The zero-order valence-electron chi connectivity index (χ0n) is 6.97. The van der Waals surface area contributed by atoms with Gasteiger partial charge in [-0.15, -0.1) is 11.3 Å². The number of amidine groups is 1. The summed E-state index contributed by atoms with van der Waals surface area (Å²) in [6.45, 7) is 2.56. The molecule has 6 heteroatoms. The van der Waals surface area contributed by atoms with E-state index in [0.29, 0.717) is 21.1 Å². The summed E-state index contributed by atoms with van der Waals surface area (Å²) in [5.41, 5.74) is 3.24. The Bertz CT molecular complexity index is 322. The van der Waals surface area contributed by atoms with E-state index >= 15 is 0 Å². The molecule has 0 radical (unpaired) electrons. The molecule has 3 N–H and O–H groups in total. The normalized spacial score (nSPS) is 11.8. The maximum absolute atomic E-state index is 5.91. The molecule has 0 aliphatic heterocycles. The molecule has 0 bridgehead atoms. The van der Waals surface area contributed by atoms with Gasteiger partial charge in [0.1, 0.15) is 10.2 Å². The Kier molecular flexibility index (Phi) is 3.99. The second kappa shape index (κ2) is 4.81. The van der Waals surface area contributed by atoms with Gasteiger partial charge < -0.3 is 5.43 Å². The van der Waals surface area contributed by atoms with Crippen molar-refractivity contribution >= 4 is 40.4 Å². The van der Waals surface area contributed by atoms with Crippen LogP contribution in [0.25, 0.3) is 0 Å². The summed E-state index contributed by atoms with van der Waals surface area (Å²) in [5, 5.41) is 0. The summed E-state index contributed by atoms with van der Waals surface area (Å²) in [5.74, 6) is 5.86. The Morgan fingerprint density at radius 2 is 2.38 bits per heavy atom. The van der Waals surface area contributed by atoms with Crippen LogP contribution >= 0.6 is 34.5 Å². The topological polar surface area (TPSA) is 50.4 Å². The van der Waals surface area contributed by atoms with Crippen LogP contribution in [0.15, 0.2) is 11.1 Å². The third-order valence-electron chi connectivity index (χ3n) is 1.36. The molecule has 0 amide bonds. The second-order valence-corrected chi connectivity index (χ2v) is 4.49. The molecule has 1 heterocycles. The van der Waals surface area contributed by atoms with Crippen molar-refractivity contribution in [3.63, 3.8) is 0 Å². The Labute approximate surface area is 90.5 Å². The van der Waals surface area contributed by atoms with E-state index in [2.05, 4.69) is 10.4 Å². The standard InChI is InChI=1S/C7H9Cl2N3S/c1-2-11-7(12-10)4-3-5(8)13-6(4)9/h3H,2,10H2,1H3,(H,11,12). The number of rotatable bonds is 2. The summed E-state index contributed by atoms with van der Waals surface area (Å²) < 4.78 is 1.22. The van der Waals surface area contributed by atoms with Crippen molar-refractivity contribution < 1.29 is 0 Å². The predicted octanol–water partition coefficient (Wildman–Crippen LogP) is 2.28. The van der Waals surface area contributed by atoms with Crippen molar-refractivity contribution in [2.24, 2.45) is 10.8 Å². The van der Waals surface area contributed by atoms with E-state index in [1.54, 1.807) is 6.07 Å². The summed E-state index contributed by atoms with van der Waals surface area (Å²) in [6.07, 6.45) is 0. The van der Waals surface area contributed by atoms with Crippen molar-refractivity contribution in [1.82, 2.24) is 5.43 Å². The van der Waals surface area contributed by atoms with Crippen molar-refractivity contribution in [2.45, 2.75) is 6.92 Å². The lowest BCUT2D eigenvalue weighted by molar-refractivity contribution is 0.993. The first-order valence-electron chi connectivity index (χ1n) is 3.65. The molecule has 1 aromatic heterocycles. The van der Waals surface area contributed by atoms with Gasteiger partial charge in [0.2, 0.25) is 0 Å². The molecule has 0 fully saturated rings. The average molecular weight is 238 g/mol. The van der Waals surface area contributed by atoms with Crippen LogP contribution in [0.1, 0.15) is 12.5 Å². The van der Waals surface area contributed by atoms with Crippen LogP contribution in [-0.2, 0) is 0 Å². The third kappa shape index (κ3) is 2.57. The minimum atomic E-state index is 0.565. The number of hydrazine groups is 1. The van der Waals surface area contributed by atoms with Crippen LogP contribution in [0.3, 0.4) is 0 Å². The van der Waals surface area contributed by atoms with E-state index in [9.17, 15) is 0 Å². The van der Waals surface area contributed by atoms with Gasteiger partial charge in [0.05, 0.1) is 4.34 Å².